The zero-order valence-electron chi connectivity index (χ0n) is 12.3. The van der Waals surface area contributed by atoms with Gasteiger partial charge in [0.25, 0.3) is 0 Å². The molecule has 21 heavy (non-hydrogen) atoms. The van der Waals surface area contributed by atoms with Crippen molar-refractivity contribution < 1.29 is 0 Å². The van der Waals surface area contributed by atoms with Crippen LogP contribution < -0.4 is 0 Å². The number of allylic oxidation sites excluding steroid dienone is 1. The minimum Gasteiger partial charge on any atom is -0.303 e. The van der Waals surface area contributed by atoms with Gasteiger partial charge in [-0.15, -0.1) is 23.5 Å². The summed E-state index contributed by atoms with van der Waals surface area (Å²) in [7, 11) is 0. The van der Waals surface area contributed by atoms with Crippen LogP contribution in [-0.2, 0) is 0 Å². The third-order valence-electron chi connectivity index (χ3n) is 3.24. The van der Waals surface area contributed by atoms with Gasteiger partial charge in [0.1, 0.15) is 16.7 Å². The molecule has 0 amide bonds. The standard InChI is InChI=1S/C16H17N3S2/c1-4-21-16-13(11-7-5-10(2)6-8-11)14(18)12(9-17)15(19-16)20-3/h5-8,13,18H,4H2,1-3H3. The third kappa shape index (κ3) is 3.22. The highest BCUT2D eigenvalue weighted by atomic mass is 32.2. The Morgan fingerprint density at radius 2 is 2.00 bits per heavy atom. The van der Waals surface area contributed by atoms with E-state index in [1.807, 2.05) is 37.4 Å². The Bertz CT molecular complexity index is 651. The van der Waals surface area contributed by atoms with Gasteiger partial charge >= 0.3 is 0 Å². The molecular weight excluding hydrogens is 298 g/mol. The summed E-state index contributed by atoms with van der Waals surface area (Å²) in [6.45, 7) is 4.11. The van der Waals surface area contributed by atoms with Gasteiger partial charge < -0.3 is 5.41 Å². The van der Waals surface area contributed by atoms with E-state index in [0.717, 1.165) is 16.4 Å². The first-order chi connectivity index (χ1) is 10.1. The second-order valence-electron chi connectivity index (χ2n) is 4.64. The molecule has 1 heterocycles. The molecule has 5 heteroatoms. The monoisotopic (exact) mass is 315 g/mol. The molecule has 0 saturated carbocycles. The normalized spacial score (nSPS) is 18.5. The van der Waals surface area contributed by atoms with Crippen molar-refractivity contribution in [3.8, 4) is 6.07 Å². The molecule has 0 radical (unpaired) electrons. The highest BCUT2D eigenvalue weighted by Crippen LogP contribution is 2.36. The molecule has 0 bridgehead atoms. The van der Waals surface area contributed by atoms with Gasteiger partial charge in [0.2, 0.25) is 0 Å². The number of hydrogen-bond acceptors (Lipinski definition) is 5. The summed E-state index contributed by atoms with van der Waals surface area (Å²) in [5.41, 5.74) is 2.96. The molecule has 2 rings (SSSR count). The molecule has 1 N–H and O–H groups in total. The summed E-state index contributed by atoms with van der Waals surface area (Å²) in [5, 5.41) is 19.4. The smallest absolute Gasteiger partial charge is 0.116 e. The van der Waals surface area contributed by atoms with Gasteiger partial charge in [-0.3, -0.25) is 0 Å². The summed E-state index contributed by atoms with van der Waals surface area (Å²) in [5.74, 6) is 0.680. The molecule has 1 aliphatic heterocycles. The Labute approximate surface area is 134 Å². The zero-order chi connectivity index (χ0) is 15.4. The fraction of sp³-hybridized carbons (Fsp3) is 0.312. The lowest BCUT2D eigenvalue weighted by Gasteiger charge is -2.25. The van der Waals surface area contributed by atoms with Gasteiger partial charge in [0.15, 0.2) is 0 Å². The number of aliphatic imine (C=N–C) groups is 1. The van der Waals surface area contributed by atoms with Crippen molar-refractivity contribution >= 4 is 34.3 Å². The molecule has 0 spiro atoms. The predicted molar refractivity (Wildman–Crippen MR) is 93.4 cm³/mol. The number of aryl methyl sites for hydroxylation is 1. The maximum absolute atomic E-state index is 9.35. The number of hydrogen-bond donors (Lipinski definition) is 1. The second-order valence-corrected chi connectivity index (χ2v) is 6.72. The van der Waals surface area contributed by atoms with Crippen LogP contribution in [0.3, 0.4) is 0 Å². The first-order valence-corrected chi connectivity index (χ1v) is 8.88. The lowest BCUT2D eigenvalue weighted by atomic mass is 9.89. The van der Waals surface area contributed by atoms with Gasteiger partial charge in [0.05, 0.1) is 16.7 Å². The average molecular weight is 315 g/mol. The van der Waals surface area contributed by atoms with Gasteiger partial charge in [-0.1, -0.05) is 36.8 Å². The molecule has 1 aromatic carbocycles. The van der Waals surface area contributed by atoms with E-state index in [1.165, 1.54) is 17.3 Å². The average Bonchev–Trinajstić information content (AvgIpc) is 2.48. The zero-order valence-corrected chi connectivity index (χ0v) is 13.9. The maximum Gasteiger partial charge on any atom is 0.116 e. The number of nitrogens with one attached hydrogen (secondary N) is 1. The molecular formula is C16H17N3S2. The van der Waals surface area contributed by atoms with Crippen LogP contribution in [0.4, 0.5) is 0 Å². The summed E-state index contributed by atoms with van der Waals surface area (Å²) in [4.78, 5) is 4.63. The fourth-order valence-electron chi connectivity index (χ4n) is 2.19. The predicted octanol–water partition coefficient (Wildman–Crippen LogP) is 4.36. The maximum atomic E-state index is 9.35. The number of nitriles is 1. The van der Waals surface area contributed by atoms with Crippen LogP contribution in [0.5, 0.6) is 0 Å². The minimum atomic E-state index is -0.221. The van der Waals surface area contributed by atoms with Crippen molar-refractivity contribution in [2.24, 2.45) is 4.99 Å². The van der Waals surface area contributed by atoms with E-state index in [4.69, 9.17) is 5.41 Å². The van der Waals surface area contributed by atoms with Crippen LogP contribution in [0, 0.1) is 23.7 Å². The minimum absolute atomic E-state index is 0.221. The fourth-order valence-corrected chi connectivity index (χ4v) is 3.67. The van der Waals surface area contributed by atoms with Gasteiger partial charge in [0, 0.05) is 0 Å². The molecule has 1 atom stereocenters. The quantitative estimate of drug-likeness (QED) is 0.901. The summed E-state index contributed by atoms with van der Waals surface area (Å²) >= 11 is 3.07. The lowest BCUT2D eigenvalue weighted by Crippen LogP contribution is -2.25. The van der Waals surface area contributed by atoms with Crippen molar-refractivity contribution in [3.05, 3.63) is 46.0 Å². The van der Waals surface area contributed by atoms with Gasteiger partial charge in [-0.25, -0.2) is 4.99 Å². The molecule has 1 aliphatic rings. The van der Waals surface area contributed by atoms with E-state index < -0.39 is 0 Å². The van der Waals surface area contributed by atoms with E-state index in [9.17, 15) is 5.26 Å². The Kier molecular flexibility index (Phi) is 5.27. The molecule has 3 nitrogen and oxygen atoms in total. The first kappa shape index (κ1) is 15.9. The Morgan fingerprint density at radius 3 is 2.52 bits per heavy atom. The Balaban J connectivity index is 2.52. The van der Waals surface area contributed by atoms with Gasteiger partial charge in [-0.05, 0) is 24.5 Å². The van der Waals surface area contributed by atoms with E-state index in [-0.39, 0.29) is 5.92 Å². The van der Waals surface area contributed by atoms with Crippen molar-refractivity contribution in [1.82, 2.24) is 0 Å². The van der Waals surface area contributed by atoms with Crippen LogP contribution >= 0.6 is 23.5 Å². The van der Waals surface area contributed by atoms with Crippen LogP contribution in [0.2, 0.25) is 0 Å². The molecule has 0 saturated heterocycles. The van der Waals surface area contributed by atoms with Gasteiger partial charge in [-0.2, -0.15) is 5.26 Å². The highest BCUT2D eigenvalue weighted by Gasteiger charge is 2.31. The SMILES string of the molecule is CCSC1=NC(SC)=C(C#N)C(=N)C1c1ccc(C)cc1. The van der Waals surface area contributed by atoms with Crippen molar-refractivity contribution in [1.29, 1.82) is 10.7 Å². The van der Waals surface area contributed by atoms with Crippen LogP contribution in [0.1, 0.15) is 24.0 Å². The third-order valence-corrected chi connectivity index (χ3v) is 4.83. The van der Waals surface area contributed by atoms with Crippen molar-refractivity contribution in [3.63, 3.8) is 0 Å². The first-order valence-electron chi connectivity index (χ1n) is 6.67. The molecule has 1 unspecified atom stereocenters. The Morgan fingerprint density at radius 1 is 1.33 bits per heavy atom. The number of thioether (sulfide) groups is 2. The number of benzene rings is 1. The van der Waals surface area contributed by atoms with E-state index in [2.05, 4.69) is 18.0 Å². The van der Waals surface area contributed by atoms with Crippen molar-refractivity contribution in [2.45, 2.75) is 19.8 Å². The van der Waals surface area contributed by atoms with Crippen LogP contribution in [0.15, 0.2) is 39.9 Å². The summed E-state index contributed by atoms with van der Waals surface area (Å²) < 4.78 is 0. The largest absolute Gasteiger partial charge is 0.303 e. The molecule has 1 aromatic rings. The van der Waals surface area contributed by atoms with Crippen LogP contribution in [-0.4, -0.2) is 22.8 Å². The highest BCUT2D eigenvalue weighted by molar-refractivity contribution is 8.14. The van der Waals surface area contributed by atoms with Crippen LogP contribution in [0.25, 0.3) is 0 Å². The summed E-state index contributed by atoms with van der Waals surface area (Å²) in [6, 6.07) is 10.3. The van der Waals surface area contributed by atoms with E-state index >= 15 is 0 Å². The number of nitrogens with zero attached hydrogens (tertiary/aromatic N) is 2. The molecule has 0 aliphatic carbocycles. The molecule has 0 fully saturated rings. The second kappa shape index (κ2) is 6.97. The van der Waals surface area contributed by atoms with Crippen molar-refractivity contribution in [2.75, 3.05) is 12.0 Å². The lowest BCUT2D eigenvalue weighted by molar-refractivity contribution is 1.15. The molecule has 108 valence electrons. The van der Waals surface area contributed by atoms with E-state index in [0.29, 0.717) is 16.3 Å². The summed E-state index contributed by atoms with van der Waals surface area (Å²) in [6.07, 6.45) is 1.89. The Hall–Kier alpha value is -1.51. The topological polar surface area (TPSA) is 60.0 Å². The molecule has 0 aromatic heterocycles. The van der Waals surface area contributed by atoms with E-state index in [1.54, 1.807) is 11.8 Å². The number of rotatable bonds is 3.